The standard InChI is InChI=1S/C21H25FN2O2/c22-19-9-6-17(7-10-19)8-11-21(25)23-20(18-4-2-1-3-5-18)16-24-12-14-26-15-13-24/h1-7,9-10,20H,8,11-16H2,(H,23,25)/t20-/m0/s1. The van der Waals surface area contributed by atoms with Crippen LogP contribution in [0.3, 0.4) is 0 Å². The number of nitrogens with one attached hydrogen (secondary N) is 1. The number of morpholine rings is 1. The van der Waals surface area contributed by atoms with Crippen LogP contribution in [0.25, 0.3) is 0 Å². The topological polar surface area (TPSA) is 41.6 Å². The predicted octanol–water partition coefficient (Wildman–Crippen LogP) is 2.95. The van der Waals surface area contributed by atoms with Gasteiger partial charge in [0.05, 0.1) is 19.3 Å². The van der Waals surface area contributed by atoms with Gasteiger partial charge in [0.25, 0.3) is 0 Å². The minimum Gasteiger partial charge on any atom is -0.379 e. The van der Waals surface area contributed by atoms with Crippen molar-refractivity contribution in [3.63, 3.8) is 0 Å². The molecule has 2 aromatic rings. The largest absolute Gasteiger partial charge is 0.379 e. The molecule has 1 aliphatic heterocycles. The fourth-order valence-electron chi connectivity index (χ4n) is 3.14. The zero-order chi connectivity index (χ0) is 18.2. The fraction of sp³-hybridized carbons (Fsp3) is 0.381. The van der Waals surface area contributed by atoms with Crippen LogP contribution in [0.2, 0.25) is 0 Å². The number of amides is 1. The average molecular weight is 356 g/mol. The zero-order valence-electron chi connectivity index (χ0n) is 14.9. The van der Waals surface area contributed by atoms with Crippen LogP contribution in [0, 0.1) is 5.82 Å². The summed E-state index contributed by atoms with van der Waals surface area (Å²) in [5.41, 5.74) is 2.07. The molecule has 1 fully saturated rings. The van der Waals surface area contributed by atoms with Gasteiger partial charge in [-0.3, -0.25) is 9.69 Å². The molecule has 26 heavy (non-hydrogen) atoms. The third kappa shape index (κ3) is 5.64. The van der Waals surface area contributed by atoms with Crippen molar-refractivity contribution in [3.05, 3.63) is 71.5 Å². The normalized spacial score (nSPS) is 16.2. The second kappa shape index (κ2) is 9.46. The first kappa shape index (κ1) is 18.5. The first-order valence-electron chi connectivity index (χ1n) is 9.09. The van der Waals surface area contributed by atoms with Gasteiger partial charge in [0.1, 0.15) is 5.82 Å². The highest BCUT2D eigenvalue weighted by atomic mass is 19.1. The Morgan fingerprint density at radius 1 is 1.08 bits per heavy atom. The number of halogens is 1. The molecule has 138 valence electrons. The molecule has 1 amide bonds. The molecule has 3 rings (SSSR count). The second-order valence-corrected chi connectivity index (χ2v) is 6.57. The van der Waals surface area contributed by atoms with Gasteiger partial charge in [-0.2, -0.15) is 0 Å². The van der Waals surface area contributed by atoms with Crippen molar-refractivity contribution in [3.8, 4) is 0 Å². The Labute approximate surface area is 154 Å². The number of rotatable bonds is 7. The number of ether oxygens (including phenoxy) is 1. The quantitative estimate of drug-likeness (QED) is 0.829. The molecular weight excluding hydrogens is 331 g/mol. The molecule has 0 bridgehead atoms. The van der Waals surface area contributed by atoms with Gasteiger partial charge >= 0.3 is 0 Å². The van der Waals surface area contributed by atoms with Crippen LogP contribution >= 0.6 is 0 Å². The summed E-state index contributed by atoms with van der Waals surface area (Å²) in [4.78, 5) is 14.8. The molecule has 0 aromatic heterocycles. The SMILES string of the molecule is O=C(CCc1ccc(F)cc1)N[C@@H](CN1CCOCC1)c1ccccc1. The molecule has 5 heteroatoms. The molecular formula is C21H25FN2O2. The summed E-state index contributed by atoms with van der Waals surface area (Å²) in [6, 6.07) is 16.3. The maximum absolute atomic E-state index is 13.0. The van der Waals surface area contributed by atoms with Crippen LogP contribution < -0.4 is 5.32 Å². The average Bonchev–Trinajstić information content (AvgIpc) is 2.68. The molecule has 1 atom stereocenters. The Hall–Kier alpha value is -2.24. The zero-order valence-corrected chi connectivity index (χ0v) is 14.9. The third-order valence-corrected chi connectivity index (χ3v) is 4.64. The smallest absolute Gasteiger partial charge is 0.220 e. The van der Waals surface area contributed by atoms with Crippen LogP contribution in [-0.4, -0.2) is 43.7 Å². The predicted molar refractivity (Wildman–Crippen MR) is 99.3 cm³/mol. The summed E-state index contributed by atoms with van der Waals surface area (Å²) < 4.78 is 18.4. The Balaban J connectivity index is 1.58. The van der Waals surface area contributed by atoms with Crippen molar-refractivity contribution in [2.45, 2.75) is 18.9 Å². The lowest BCUT2D eigenvalue weighted by Crippen LogP contribution is -2.43. The van der Waals surface area contributed by atoms with E-state index in [1.165, 1.54) is 12.1 Å². The summed E-state index contributed by atoms with van der Waals surface area (Å²) in [7, 11) is 0. The van der Waals surface area contributed by atoms with Gasteiger partial charge in [0.15, 0.2) is 0 Å². The van der Waals surface area contributed by atoms with E-state index in [0.29, 0.717) is 12.8 Å². The lowest BCUT2D eigenvalue weighted by Gasteiger charge is -2.31. The molecule has 1 aliphatic rings. The lowest BCUT2D eigenvalue weighted by molar-refractivity contribution is -0.122. The second-order valence-electron chi connectivity index (χ2n) is 6.57. The summed E-state index contributed by atoms with van der Waals surface area (Å²) in [5, 5.41) is 3.17. The van der Waals surface area contributed by atoms with Crippen molar-refractivity contribution < 1.29 is 13.9 Å². The van der Waals surface area contributed by atoms with E-state index in [2.05, 4.69) is 10.2 Å². The van der Waals surface area contributed by atoms with Crippen molar-refractivity contribution in [2.24, 2.45) is 0 Å². The molecule has 0 spiro atoms. The maximum atomic E-state index is 13.0. The minimum atomic E-state index is -0.257. The highest BCUT2D eigenvalue weighted by molar-refractivity contribution is 5.76. The Kier molecular flexibility index (Phi) is 6.75. The Morgan fingerprint density at radius 3 is 2.46 bits per heavy atom. The number of nitrogens with zero attached hydrogens (tertiary/aromatic N) is 1. The van der Waals surface area contributed by atoms with Crippen LogP contribution in [0.15, 0.2) is 54.6 Å². The van der Waals surface area contributed by atoms with Crippen LogP contribution in [0.1, 0.15) is 23.6 Å². The van der Waals surface area contributed by atoms with Gasteiger partial charge in [-0.1, -0.05) is 42.5 Å². The van der Waals surface area contributed by atoms with Crippen molar-refractivity contribution in [1.82, 2.24) is 10.2 Å². The van der Waals surface area contributed by atoms with E-state index in [4.69, 9.17) is 4.74 Å². The van der Waals surface area contributed by atoms with Gasteiger partial charge < -0.3 is 10.1 Å². The first-order valence-corrected chi connectivity index (χ1v) is 9.09. The highest BCUT2D eigenvalue weighted by Gasteiger charge is 2.20. The van der Waals surface area contributed by atoms with E-state index < -0.39 is 0 Å². The molecule has 2 aromatic carbocycles. The number of hydrogen-bond donors (Lipinski definition) is 1. The van der Waals surface area contributed by atoms with Gasteiger partial charge in [-0.15, -0.1) is 0 Å². The lowest BCUT2D eigenvalue weighted by atomic mass is 10.0. The van der Waals surface area contributed by atoms with Crippen LogP contribution in [0.4, 0.5) is 4.39 Å². The number of aryl methyl sites for hydroxylation is 1. The number of carbonyl (C=O) groups is 1. The van der Waals surface area contributed by atoms with E-state index in [1.807, 2.05) is 30.3 Å². The molecule has 1 N–H and O–H groups in total. The summed E-state index contributed by atoms with van der Waals surface area (Å²) in [6.07, 6.45) is 0.989. The summed E-state index contributed by atoms with van der Waals surface area (Å²) in [6.45, 7) is 4.01. The van der Waals surface area contributed by atoms with Crippen molar-refractivity contribution >= 4 is 5.91 Å². The van der Waals surface area contributed by atoms with E-state index in [1.54, 1.807) is 12.1 Å². The van der Waals surface area contributed by atoms with Crippen LogP contribution in [0.5, 0.6) is 0 Å². The van der Waals surface area contributed by atoms with E-state index in [0.717, 1.165) is 44.0 Å². The number of benzene rings is 2. The van der Waals surface area contributed by atoms with Crippen molar-refractivity contribution in [1.29, 1.82) is 0 Å². The van der Waals surface area contributed by atoms with Crippen LogP contribution in [-0.2, 0) is 16.0 Å². The Bertz CT molecular complexity index is 685. The molecule has 0 unspecified atom stereocenters. The van der Waals surface area contributed by atoms with Gasteiger partial charge in [0, 0.05) is 26.1 Å². The van der Waals surface area contributed by atoms with E-state index in [9.17, 15) is 9.18 Å². The molecule has 1 heterocycles. The van der Waals surface area contributed by atoms with Gasteiger partial charge in [0.2, 0.25) is 5.91 Å². The Morgan fingerprint density at radius 2 is 1.77 bits per heavy atom. The van der Waals surface area contributed by atoms with Gasteiger partial charge in [-0.05, 0) is 29.7 Å². The van der Waals surface area contributed by atoms with Crippen molar-refractivity contribution in [2.75, 3.05) is 32.8 Å². The monoisotopic (exact) mass is 356 g/mol. The fourth-order valence-corrected chi connectivity index (χ4v) is 3.14. The van der Waals surface area contributed by atoms with E-state index >= 15 is 0 Å². The summed E-state index contributed by atoms with van der Waals surface area (Å²) >= 11 is 0. The highest BCUT2D eigenvalue weighted by Crippen LogP contribution is 2.16. The third-order valence-electron chi connectivity index (χ3n) is 4.64. The summed E-state index contributed by atoms with van der Waals surface area (Å²) in [5.74, 6) is -0.246. The minimum absolute atomic E-state index is 0.0106. The number of hydrogen-bond acceptors (Lipinski definition) is 3. The van der Waals surface area contributed by atoms with E-state index in [-0.39, 0.29) is 17.8 Å². The molecule has 4 nitrogen and oxygen atoms in total. The number of carbonyl (C=O) groups excluding carboxylic acids is 1. The van der Waals surface area contributed by atoms with Gasteiger partial charge in [-0.25, -0.2) is 4.39 Å². The molecule has 0 saturated carbocycles. The molecule has 1 saturated heterocycles. The maximum Gasteiger partial charge on any atom is 0.220 e. The molecule has 0 aliphatic carbocycles. The first-order chi connectivity index (χ1) is 12.7. The molecule has 0 radical (unpaired) electrons.